The Hall–Kier alpha value is -3.86. The molecule has 2 fully saturated rings. The van der Waals surface area contributed by atoms with E-state index in [1.807, 2.05) is 30.3 Å². The summed E-state index contributed by atoms with van der Waals surface area (Å²) in [5.74, 6) is 2.44. The number of ether oxygens (including phenoxy) is 2. The molecule has 5 heterocycles. The van der Waals surface area contributed by atoms with Crippen LogP contribution >= 0.6 is 11.6 Å². The van der Waals surface area contributed by atoms with Crippen molar-refractivity contribution in [3.8, 4) is 17.1 Å². The molecule has 0 aliphatic carbocycles. The number of hydrogen-bond acceptors (Lipinski definition) is 8. The molecule has 2 aliphatic heterocycles. The number of halogens is 1. The third kappa shape index (κ3) is 5.95. The monoisotopic (exact) mass is 570 g/mol. The number of aromatic nitrogens is 7. The van der Waals surface area contributed by atoms with Gasteiger partial charge in [0.2, 0.25) is 5.88 Å². The van der Waals surface area contributed by atoms with Crippen molar-refractivity contribution < 1.29 is 9.47 Å². The summed E-state index contributed by atoms with van der Waals surface area (Å²) in [6.07, 6.45) is 7.46. The van der Waals surface area contributed by atoms with Crippen molar-refractivity contribution in [3.05, 3.63) is 83.2 Å². The number of fused-ring (bicyclic) bond motifs is 1. The van der Waals surface area contributed by atoms with Crippen LogP contribution in [-0.2, 0) is 24.2 Å². The number of nitrogens with one attached hydrogen (secondary N) is 1. The molecule has 0 saturated carbocycles. The summed E-state index contributed by atoms with van der Waals surface area (Å²) >= 11 is 6.01. The summed E-state index contributed by atoms with van der Waals surface area (Å²) in [7, 11) is 0. The van der Waals surface area contributed by atoms with Crippen molar-refractivity contribution in [2.24, 2.45) is 0 Å². The number of piperidine rings is 1. The highest BCUT2D eigenvalue weighted by Gasteiger charge is 2.26. The summed E-state index contributed by atoms with van der Waals surface area (Å²) in [4.78, 5) is 16.6. The maximum Gasteiger partial charge on any atom is 0.216 e. The lowest BCUT2D eigenvalue weighted by molar-refractivity contribution is -0.0592. The highest BCUT2D eigenvalue weighted by atomic mass is 35.5. The fraction of sp³-hybridized carbons (Fsp3) is 0.367. The Morgan fingerprint density at radius 1 is 1.02 bits per heavy atom. The van der Waals surface area contributed by atoms with E-state index in [1.165, 1.54) is 0 Å². The van der Waals surface area contributed by atoms with Gasteiger partial charge >= 0.3 is 0 Å². The van der Waals surface area contributed by atoms with Crippen LogP contribution in [0.15, 0.2) is 60.9 Å². The van der Waals surface area contributed by atoms with Gasteiger partial charge in [0.25, 0.3) is 0 Å². The minimum atomic E-state index is 0.122. The average molecular weight is 571 g/mol. The van der Waals surface area contributed by atoms with Crippen LogP contribution in [0.5, 0.6) is 5.88 Å². The summed E-state index contributed by atoms with van der Waals surface area (Å²) in [6, 6.07) is 16.0. The molecule has 3 aromatic heterocycles. The molecule has 210 valence electrons. The molecule has 1 N–H and O–H groups in total. The Labute approximate surface area is 242 Å². The predicted molar refractivity (Wildman–Crippen MR) is 155 cm³/mol. The number of H-pyrrole nitrogens is 1. The third-order valence-electron chi connectivity index (χ3n) is 7.88. The molecule has 2 aliphatic rings. The van der Waals surface area contributed by atoms with Crippen LogP contribution in [0.2, 0.25) is 5.02 Å². The fourth-order valence-corrected chi connectivity index (χ4v) is 5.64. The van der Waals surface area contributed by atoms with Crippen LogP contribution in [0.25, 0.3) is 22.3 Å². The van der Waals surface area contributed by atoms with Crippen LogP contribution in [0, 0.1) is 0 Å². The first-order chi connectivity index (χ1) is 20.2. The second kappa shape index (κ2) is 11.6. The van der Waals surface area contributed by atoms with Gasteiger partial charge in [-0.25, -0.2) is 9.97 Å². The van der Waals surface area contributed by atoms with Gasteiger partial charge in [0, 0.05) is 49.0 Å². The molecule has 2 saturated heterocycles. The van der Waals surface area contributed by atoms with Gasteiger partial charge in [-0.2, -0.15) is 4.98 Å². The molecular weight excluding hydrogens is 540 g/mol. The first-order valence-corrected chi connectivity index (χ1v) is 14.5. The molecule has 0 radical (unpaired) electrons. The highest BCUT2D eigenvalue weighted by Crippen LogP contribution is 2.27. The Balaban J connectivity index is 1.00. The second-order valence-electron chi connectivity index (χ2n) is 10.7. The zero-order valence-corrected chi connectivity index (χ0v) is 23.4. The van der Waals surface area contributed by atoms with E-state index in [4.69, 9.17) is 26.1 Å². The van der Waals surface area contributed by atoms with Crippen LogP contribution in [-0.4, -0.2) is 71.7 Å². The maximum atomic E-state index is 6.30. The lowest BCUT2D eigenvalue weighted by atomic mass is 10.1. The van der Waals surface area contributed by atoms with E-state index in [2.05, 4.69) is 53.0 Å². The second-order valence-corrected chi connectivity index (χ2v) is 11.1. The summed E-state index contributed by atoms with van der Waals surface area (Å²) < 4.78 is 14.4. The van der Waals surface area contributed by atoms with E-state index < -0.39 is 0 Å². The first-order valence-electron chi connectivity index (χ1n) is 14.1. The predicted octanol–water partition coefficient (Wildman–Crippen LogP) is 4.69. The lowest BCUT2D eigenvalue weighted by Gasteiger charge is -2.32. The SMILES string of the molecule is Clc1ccc(Cc2nccc(OC3CCN(Cc4nc5cc(-c6cnn[nH]6)ccc5n4C[C@@H]4CCO4)CC3)n2)cc1. The largest absolute Gasteiger partial charge is 0.474 e. The van der Waals surface area contributed by atoms with E-state index in [0.29, 0.717) is 12.3 Å². The van der Waals surface area contributed by atoms with Crippen LogP contribution in [0.3, 0.4) is 0 Å². The zero-order chi connectivity index (χ0) is 27.6. The molecule has 0 unspecified atom stereocenters. The summed E-state index contributed by atoms with van der Waals surface area (Å²) in [5.41, 5.74) is 5.13. The van der Waals surface area contributed by atoms with E-state index in [9.17, 15) is 0 Å². The number of hydrogen-bond donors (Lipinski definition) is 1. The lowest BCUT2D eigenvalue weighted by Crippen LogP contribution is -2.39. The number of imidazole rings is 1. The Morgan fingerprint density at radius 3 is 2.63 bits per heavy atom. The van der Waals surface area contributed by atoms with Gasteiger partial charge < -0.3 is 14.0 Å². The highest BCUT2D eigenvalue weighted by molar-refractivity contribution is 6.30. The molecule has 2 aromatic carbocycles. The zero-order valence-electron chi connectivity index (χ0n) is 22.6. The van der Waals surface area contributed by atoms with E-state index >= 15 is 0 Å². The first kappa shape index (κ1) is 26.1. The third-order valence-corrected chi connectivity index (χ3v) is 8.13. The van der Waals surface area contributed by atoms with Crippen molar-refractivity contribution in [1.82, 2.24) is 39.8 Å². The van der Waals surface area contributed by atoms with Crippen LogP contribution in [0.1, 0.15) is 36.5 Å². The van der Waals surface area contributed by atoms with Crippen molar-refractivity contribution in [1.29, 1.82) is 0 Å². The van der Waals surface area contributed by atoms with Crippen LogP contribution in [0.4, 0.5) is 0 Å². The maximum absolute atomic E-state index is 6.30. The topological polar surface area (TPSA) is 107 Å². The number of nitrogens with zero attached hydrogens (tertiary/aromatic N) is 7. The van der Waals surface area contributed by atoms with E-state index in [1.54, 1.807) is 12.4 Å². The van der Waals surface area contributed by atoms with Gasteiger partial charge in [0.1, 0.15) is 17.8 Å². The van der Waals surface area contributed by atoms with Crippen molar-refractivity contribution in [2.75, 3.05) is 19.7 Å². The minimum absolute atomic E-state index is 0.122. The fourth-order valence-electron chi connectivity index (χ4n) is 5.51. The van der Waals surface area contributed by atoms with Crippen LogP contribution < -0.4 is 4.74 Å². The average Bonchev–Trinajstić information content (AvgIpc) is 3.61. The van der Waals surface area contributed by atoms with Gasteiger partial charge in [-0.05, 0) is 49.1 Å². The summed E-state index contributed by atoms with van der Waals surface area (Å²) in [5, 5.41) is 11.4. The number of likely N-dealkylation sites (tertiary alicyclic amines) is 1. The van der Waals surface area contributed by atoms with Gasteiger partial charge in [0.05, 0.1) is 42.1 Å². The normalized spacial score (nSPS) is 18.0. The molecule has 1 atom stereocenters. The Morgan fingerprint density at radius 2 is 1.88 bits per heavy atom. The van der Waals surface area contributed by atoms with Gasteiger partial charge in [-0.1, -0.05) is 35.0 Å². The minimum Gasteiger partial charge on any atom is -0.474 e. The Kier molecular flexibility index (Phi) is 7.35. The quantitative estimate of drug-likeness (QED) is 0.272. The molecule has 41 heavy (non-hydrogen) atoms. The molecule has 0 amide bonds. The molecule has 10 nitrogen and oxygen atoms in total. The number of benzene rings is 2. The van der Waals surface area contributed by atoms with E-state index in [0.717, 1.165) is 96.6 Å². The van der Waals surface area contributed by atoms with Gasteiger partial charge in [-0.15, -0.1) is 5.10 Å². The van der Waals surface area contributed by atoms with Gasteiger partial charge in [-0.3, -0.25) is 10.00 Å². The van der Waals surface area contributed by atoms with Crippen molar-refractivity contribution in [2.45, 2.75) is 51.0 Å². The Bertz CT molecular complexity index is 1610. The summed E-state index contributed by atoms with van der Waals surface area (Å²) in [6.45, 7) is 4.31. The molecule has 11 heteroatoms. The molecule has 5 aromatic rings. The van der Waals surface area contributed by atoms with Crippen molar-refractivity contribution in [3.63, 3.8) is 0 Å². The van der Waals surface area contributed by atoms with Crippen molar-refractivity contribution >= 4 is 22.6 Å². The molecule has 0 bridgehead atoms. The molecule has 0 spiro atoms. The standard InChI is InChI=1S/C30H31ClN8O2/c31-22-4-1-20(2-5-22)15-28-32-11-7-30(35-28)41-23-8-12-38(13-9-23)19-29-34-25-16-21(26-17-33-37-36-26)3-6-27(25)39(29)18-24-10-14-40-24/h1-7,11,16-17,23-24H,8-10,12-15,18-19H2,(H,33,36,37)/t24-/m0/s1. The smallest absolute Gasteiger partial charge is 0.216 e. The molecule has 7 rings (SSSR count). The van der Waals surface area contributed by atoms with E-state index in [-0.39, 0.29) is 12.2 Å². The molecular formula is C30H31ClN8O2. The van der Waals surface area contributed by atoms with Gasteiger partial charge in [0.15, 0.2) is 0 Å². The number of rotatable bonds is 9. The number of aromatic amines is 1.